The van der Waals surface area contributed by atoms with E-state index >= 15 is 0 Å². The lowest BCUT2D eigenvalue weighted by molar-refractivity contribution is -0.269. The van der Waals surface area contributed by atoms with Crippen molar-refractivity contribution in [2.75, 3.05) is 14.1 Å². The predicted octanol–water partition coefficient (Wildman–Crippen LogP) is 2.22. The van der Waals surface area contributed by atoms with Gasteiger partial charge in [-0.2, -0.15) is 22.0 Å². The normalized spacial score (nSPS) is 14.0. The van der Waals surface area contributed by atoms with Crippen LogP contribution in [0.25, 0.3) is 0 Å². The fraction of sp³-hybridized carbons (Fsp3) is 0.625. The molecular formula is C8H10F5NO. The van der Waals surface area contributed by atoms with Crippen LogP contribution in [0.1, 0.15) is 6.92 Å². The molecule has 0 heterocycles. The largest absolute Gasteiger partial charge is 0.459 e. The molecule has 0 aromatic heterocycles. The fourth-order valence-electron chi connectivity index (χ4n) is 0.838. The highest BCUT2D eigenvalue weighted by molar-refractivity contribution is 5.88. The Kier molecular flexibility index (Phi) is 3.84. The Balaban J connectivity index is 5.37. The lowest BCUT2D eigenvalue weighted by Crippen LogP contribution is -2.43. The molecule has 0 aliphatic heterocycles. The number of alkyl halides is 5. The second-order valence-corrected chi connectivity index (χ2v) is 3.11. The topological polar surface area (TPSA) is 20.3 Å². The molecule has 0 saturated carbocycles. The summed E-state index contributed by atoms with van der Waals surface area (Å²) in [5, 5.41) is 0. The van der Waals surface area contributed by atoms with Crippen molar-refractivity contribution in [3.05, 3.63) is 11.8 Å². The zero-order valence-electron chi connectivity index (χ0n) is 8.32. The molecule has 0 fully saturated rings. The van der Waals surface area contributed by atoms with Gasteiger partial charge in [-0.15, -0.1) is 0 Å². The van der Waals surface area contributed by atoms with Crippen LogP contribution in [0, 0.1) is 0 Å². The molecule has 7 heteroatoms. The van der Waals surface area contributed by atoms with E-state index in [1.165, 1.54) is 0 Å². The van der Waals surface area contributed by atoms with Gasteiger partial charge in [0, 0.05) is 20.2 Å². The van der Waals surface area contributed by atoms with Crippen molar-refractivity contribution in [3.63, 3.8) is 0 Å². The summed E-state index contributed by atoms with van der Waals surface area (Å²) in [5.41, 5.74) is -1.37. The molecule has 0 aliphatic rings. The van der Waals surface area contributed by atoms with E-state index in [0.717, 1.165) is 21.0 Å². The Bertz CT molecular complexity index is 279. The van der Waals surface area contributed by atoms with Crippen LogP contribution in [-0.2, 0) is 4.79 Å². The van der Waals surface area contributed by atoms with Crippen LogP contribution in [0.5, 0.6) is 0 Å². The molecule has 0 aromatic carbocycles. The van der Waals surface area contributed by atoms with E-state index in [2.05, 4.69) is 0 Å². The Hall–Kier alpha value is -1.14. The summed E-state index contributed by atoms with van der Waals surface area (Å²) in [7, 11) is 2.02. The maximum Gasteiger partial charge on any atom is 0.459 e. The molecule has 0 bridgehead atoms. The monoisotopic (exact) mass is 231 g/mol. The van der Waals surface area contributed by atoms with Gasteiger partial charge in [0.15, 0.2) is 5.78 Å². The zero-order chi connectivity index (χ0) is 12.4. The Labute approximate surface area is 83.4 Å². The van der Waals surface area contributed by atoms with Crippen molar-refractivity contribution < 1.29 is 26.7 Å². The molecule has 0 saturated heterocycles. The first-order valence-electron chi connectivity index (χ1n) is 3.84. The lowest BCUT2D eigenvalue weighted by atomic mass is 10.2. The molecular weight excluding hydrogens is 221 g/mol. The molecule has 0 rings (SSSR count). The van der Waals surface area contributed by atoms with Crippen molar-refractivity contribution in [2.24, 2.45) is 0 Å². The number of ketones is 1. The smallest absolute Gasteiger partial charge is 0.376 e. The number of carbonyl (C=O) groups excluding carboxylic acids is 1. The number of rotatable bonds is 3. The van der Waals surface area contributed by atoms with Crippen LogP contribution in [0.3, 0.4) is 0 Å². The molecule has 0 N–H and O–H groups in total. The van der Waals surface area contributed by atoms with Gasteiger partial charge in [-0.1, -0.05) is 0 Å². The third kappa shape index (κ3) is 3.17. The summed E-state index contributed by atoms with van der Waals surface area (Å²) in [6, 6.07) is 0. The van der Waals surface area contributed by atoms with Gasteiger partial charge in [-0.05, 0) is 6.92 Å². The molecule has 0 spiro atoms. The van der Waals surface area contributed by atoms with E-state index in [-0.39, 0.29) is 6.08 Å². The van der Waals surface area contributed by atoms with Crippen LogP contribution >= 0.6 is 0 Å². The molecule has 0 aromatic rings. The Morgan fingerprint density at radius 1 is 1.13 bits per heavy atom. The first-order chi connectivity index (χ1) is 6.50. The second-order valence-electron chi connectivity index (χ2n) is 3.11. The zero-order valence-corrected chi connectivity index (χ0v) is 8.32. The Morgan fingerprint density at radius 3 is 1.73 bits per heavy atom. The molecule has 0 unspecified atom stereocenters. The average molecular weight is 231 g/mol. The van der Waals surface area contributed by atoms with Crippen molar-refractivity contribution >= 4 is 5.78 Å². The van der Waals surface area contributed by atoms with Gasteiger partial charge in [0.05, 0.1) is 5.70 Å². The van der Waals surface area contributed by atoms with E-state index in [1.807, 2.05) is 0 Å². The number of halogens is 5. The van der Waals surface area contributed by atoms with Gasteiger partial charge in [-0.25, -0.2) is 0 Å². The molecule has 0 radical (unpaired) electrons. The first kappa shape index (κ1) is 13.9. The average Bonchev–Trinajstić information content (AvgIpc) is 1.96. The van der Waals surface area contributed by atoms with Gasteiger partial charge in [-0.3, -0.25) is 4.79 Å². The van der Waals surface area contributed by atoms with E-state index < -0.39 is 23.6 Å². The minimum atomic E-state index is -5.71. The summed E-state index contributed by atoms with van der Waals surface area (Å²) in [6.07, 6.45) is -5.44. The highest BCUT2D eigenvalue weighted by Gasteiger charge is 2.60. The number of nitrogens with zero attached hydrogens (tertiary/aromatic N) is 1. The fourth-order valence-corrected chi connectivity index (χ4v) is 0.838. The highest BCUT2D eigenvalue weighted by Crippen LogP contribution is 2.41. The maximum atomic E-state index is 12.8. The first-order valence-corrected chi connectivity index (χ1v) is 3.84. The minimum absolute atomic E-state index is 0.271. The molecule has 0 atom stereocenters. The van der Waals surface area contributed by atoms with Gasteiger partial charge < -0.3 is 4.90 Å². The van der Waals surface area contributed by atoms with Crippen LogP contribution < -0.4 is 0 Å². The van der Waals surface area contributed by atoms with Crippen LogP contribution in [0.2, 0.25) is 0 Å². The van der Waals surface area contributed by atoms with Crippen molar-refractivity contribution in [3.8, 4) is 0 Å². The van der Waals surface area contributed by atoms with Crippen LogP contribution in [0.15, 0.2) is 11.8 Å². The Morgan fingerprint density at radius 2 is 1.53 bits per heavy atom. The van der Waals surface area contributed by atoms with E-state index in [0.29, 0.717) is 4.90 Å². The SMILES string of the molecule is CC(=O)/C=C(\N(C)C)C(F)(F)C(F)(F)F. The standard InChI is InChI=1S/C8H10F5NO/c1-5(15)4-6(14(2)3)7(9,10)8(11,12)13/h4H,1-3H3/b6-4-. The molecule has 0 aliphatic carbocycles. The van der Waals surface area contributed by atoms with Crippen LogP contribution in [-0.4, -0.2) is 36.9 Å². The summed E-state index contributed by atoms with van der Waals surface area (Å²) in [4.78, 5) is 11.1. The number of hydrogen-bond donors (Lipinski definition) is 0. The third-order valence-corrected chi connectivity index (χ3v) is 1.50. The predicted molar refractivity (Wildman–Crippen MR) is 43.5 cm³/mol. The number of hydrogen-bond acceptors (Lipinski definition) is 2. The maximum absolute atomic E-state index is 12.8. The van der Waals surface area contributed by atoms with Gasteiger partial charge >= 0.3 is 12.1 Å². The second kappa shape index (κ2) is 4.16. The summed E-state index contributed by atoms with van der Waals surface area (Å²) in [5.74, 6) is -5.90. The minimum Gasteiger partial charge on any atom is -0.376 e. The number of allylic oxidation sites excluding steroid dienone is 2. The highest BCUT2D eigenvalue weighted by atomic mass is 19.4. The summed E-state index contributed by atoms with van der Waals surface area (Å²) < 4.78 is 61.5. The van der Waals surface area contributed by atoms with E-state index in [1.54, 1.807) is 0 Å². The summed E-state index contributed by atoms with van der Waals surface area (Å²) in [6.45, 7) is 0.899. The molecule has 2 nitrogen and oxygen atoms in total. The molecule has 15 heavy (non-hydrogen) atoms. The van der Waals surface area contributed by atoms with Gasteiger partial charge in [0.1, 0.15) is 0 Å². The molecule has 0 amide bonds. The van der Waals surface area contributed by atoms with Gasteiger partial charge in [0.2, 0.25) is 0 Å². The van der Waals surface area contributed by atoms with Crippen molar-refractivity contribution in [1.29, 1.82) is 0 Å². The van der Waals surface area contributed by atoms with Gasteiger partial charge in [0.25, 0.3) is 0 Å². The van der Waals surface area contributed by atoms with E-state index in [9.17, 15) is 26.7 Å². The van der Waals surface area contributed by atoms with Crippen molar-refractivity contribution in [2.45, 2.75) is 19.0 Å². The lowest BCUT2D eigenvalue weighted by Gasteiger charge is -2.27. The quantitative estimate of drug-likeness (QED) is 0.548. The molecule has 88 valence electrons. The summed E-state index contributed by atoms with van der Waals surface area (Å²) >= 11 is 0. The third-order valence-electron chi connectivity index (χ3n) is 1.50. The van der Waals surface area contributed by atoms with E-state index in [4.69, 9.17) is 0 Å². The van der Waals surface area contributed by atoms with Crippen molar-refractivity contribution in [1.82, 2.24) is 4.90 Å². The van der Waals surface area contributed by atoms with Crippen LogP contribution in [0.4, 0.5) is 22.0 Å². The number of carbonyl (C=O) groups is 1.